The second-order valence-electron chi connectivity index (χ2n) is 6.75. The Kier molecular flexibility index (Phi) is 3.65. The Hall–Kier alpha value is -2.68. The molecule has 1 aliphatic heterocycles. The summed E-state index contributed by atoms with van der Waals surface area (Å²) in [6.07, 6.45) is 2.11. The zero-order valence-electron chi connectivity index (χ0n) is 14.4. The SMILES string of the molecule is Cc1ccc2nc3c(cc(C(=O)NC4CCS(=O)(=O)C4)n3C)c(=O)n2c1. The van der Waals surface area contributed by atoms with Gasteiger partial charge in [-0.05, 0) is 31.0 Å². The van der Waals surface area contributed by atoms with E-state index in [0.29, 0.717) is 23.1 Å². The van der Waals surface area contributed by atoms with E-state index in [1.165, 1.54) is 10.5 Å². The molecule has 0 bridgehead atoms. The van der Waals surface area contributed by atoms with Gasteiger partial charge in [-0.1, -0.05) is 6.07 Å². The van der Waals surface area contributed by atoms with E-state index in [4.69, 9.17) is 0 Å². The van der Waals surface area contributed by atoms with Gasteiger partial charge < -0.3 is 9.88 Å². The van der Waals surface area contributed by atoms with E-state index < -0.39 is 21.8 Å². The monoisotopic (exact) mass is 374 g/mol. The molecule has 1 amide bonds. The molecule has 4 heterocycles. The molecule has 3 aromatic heterocycles. The summed E-state index contributed by atoms with van der Waals surface area (Å²) in [6, 6.07) is 4.73. The van der Waals surface area contributed by atoms with Gasteiger partial charge in [-0.25, -0.2) is 13.4 Å². The molecule has 8 nitrogen and oxygen atoms in total. The van der Waals surface area contributed by atoms with Crippen LogP contribution in [0.15, 0.2) is 29.2 Å². The number of fused-ring (bicyclic) bond motifs is 2. The quantitative estimate of drug-likeness (QED) is 0.700. The van der Waals surface area contributed by atoms with Crippen molar-refractivity contribution >= 4 is 32.4 Å². The van der Waals surface area contributed by atoms with E-state index >= 15 is 0 Å². The van der Waals surface area contributed by atoms with Crippen LogP contribution in [0.25, 0.3) is 16.7 Å². The molecule has 26 heavy (non-hydrogen) atoms. The molecule has 1 N–H and O–H groups in total. The van der Waals surface area contributed by atoms with Gasteiger partial charge in [0.05, 0.1) is 16.9 Å². The maximum atomic E-state index is 12.8. The van der Waals surface area contributed by atoms with Crippen LogP contribution >= 0.6 is 0 Å². The van der Waals surface area contributed by atoms with Gasteiger partial charge in [0.15, 0.2) is 9.84 Å². The highest BCUT2D eigenvalue weighted by Gasteiger charge is 2.30. The number of nitrogens with zero attached hydrogens (tertiary/aromatic N) is 3. The molecule has 0 saturated carbocycles. The zero-order valence-corrected chi connectivity index (χ0v) is 15.2. The van der Waals surface area contributed by atoms with Crippen LogP contribution in [0.2, 0.25) is 0 Å². The van der Waals surface area contributed by atoms with Crippen molar-refractivity contribution in [1.29, 1.82) is 0 Å². The summed E-state index contributed by atoms with van der Waals surface area (Å²) in [5, 5.41) is 3.09. The topological polar surface area (TPSA) is 103 Å². The Bertz CT molecular complexity index is 1220. The maximum Gasteiger partial charge on any atom is 0.268 e. The molecule has 0 spiro atoms. The van der Waals surface area contributed by atoms with Crippen LogP contribution < -0.4 is 10.9 Å². The summed E-state index contributed by atoms with van der Waals surface area (Å²) in [6.45, 7) is 1.88. The fourth-order valence-corrected chi connectivity index (χ4v) is 5.04. The number of hydrogen-bond donors (Lipinski definition) is 1. The molecule has 0 radical (unpaired) electrons. The number of rotatable bonds is 2. The third-order valence-electron chi connectivity index (χ3n) is 4.75. The van der Waals surface area contributed by atoms with Gasteiger partial charge in [-0.2, -0.15) is 0 Å². The molecular formula is C17H18N4O4S. The summed E-state index contributed by atoms with van der Waals surface area (Å²) in [4.78, 5) is 29.8. The molecule has 3 aromatic rings. The van der Waals surface area contributed by atoms with E-state index in [1.807, 2.05) is 13.0 Å². The molecule has 1 saturated heterocycles. The van der Waals surface area contributed by atoms with Crippen molar-refractivity contribution in [3.05, 3.63) is 46.0 Å². The lowest BCUT2D eigenvalue weighted by Crippen LogP contribution is -2.36. The third-order valence-corrected chi connectivity index (χ3v) is 6.51. The van der Waals surface area contributed by atoms with Crippen LogP contribution in [0.1, 0.15) is 22.5 Å². The van der Waals surface area contributed by atoms with Gasteiger partial charge >= 0.3 is 0 Å². The highest BCUT2D eigenvalue weighted by Crippen LogP contribution is 2.17. The Morgan fingerprint density at radius 2 is 2.12 bits per heavy atom. The Labute approximate surface area is 149 Å². The van der Waals surface area contributed by atoms with Crippen molar-refractivity contribution in [2.75, 3.05) is 11.5 Å². The number of hydrogen-bond acceptors (Lipinski definition) is 5. The number of carbonyl (C=O) groups excluding carboxylic acids is 1. The highest BCUT2D eigenvalue weighted by atomic mass is 32.2. The van der Waals surface area contributed by atoms with Crippen molar-refractivity contribution in [2.24, 2.45) is 7.05 Å². The van der Waals surface area contributed by atoms with Crippen LogP contribution in [0.4, 0.5) is 0 Å². The van der Waals surface area contributed by atoms with Gasteiger partial charge in [-0.15, -0.1) is 0 Å². The number of carbonyl (C=O) groups is 1. The predicted molar refractivity (Wildman–Crippen MR) is 97.2 cm³/mol. The lowest BCUT2D eigenvalue weighted by Gasteiger charge is -2.11. The van der Waals surface area contributed by atoms with Crippen molar-refractivity contribution < 1.29 is 13.2 Å². The van der Waals surface area contributed by atoms with Crippen LogP contribution in [-0.2, 0) is 16.9 Å². The number of amides is 1. The molecule has 136 valence electrons. The average Bonchev–Trinajstić information content (AvgIpc) is 3.08. The largest absolute Gasteiger partial charge is 0.347 e. The molecule has 1 unspecified atom stereocenters. The van der Waals surface area contributed by atoms with Gasteiger partial charge in [-0.3, -0.25) is 14.0 Å². The van der Waals surface area contributed by atoms with Crippen LogP contribution in [0, 0.1) is 6.92 Å². The molecular weight excluding hydrogens is 356 g/mol. The van der Waals surface area contributed by atoms with Crippen molar-refractivity contribution in [1.82, 2.24) is 19.3 Å². The third kappa shape index (κ3) is 2.68. The summed E-state index contributed by atoms with van der Waals surface area (Å²) in [7, 11) is -1.42. The van der Waals surface area contributed by atoms with E-state index in [-0.39, 0.29) is 22.8 Å². The standard InChI is InChI=1S/C17H18N4O4S/c1-10-3-4-14-19-15-12(17(23)21(14)8-10)7-13(20(15)2)16(22)18-11-5-6-26(24,25)9-11/h3-4,7-8,11H,5-6,9H2,1-2H3,(H,18,22). The van der Waals surface area contributed by atoms with Gasteiger partial charge in [0, 0.05) is 19.3 Å². The Morgan fingerprint density at radius 1 is 1.35 bits per heavy atom. The van der Waals surface area contributed by atoms with Crippen molar-refractivity contribution in [3.63, 3.8) is 0 Å². The number of pyridine rings is 1. The average molecular weight is 374 g/mol. The van der Waals surface area contributed by atoms with Crippen LogP contribution in [-0.4, -0.2) is 45.8 Å². The van der Waals surface area contributed by atoms with E-state index in [0.717, 1.165) is 5.56 Å². The smallest absolute Gasteiger partial charge is 0.268 e. The fourth-order valence-electron chi connectivity index (χ4n) is 3.36. The number of nitrogens with one attached hydrogen (secondary N) is 1. The molecule has 9 heteroatoms. The molecule has 1 aliphatic rings. The fraction of sp³-hybridized carbons (Fsp3) is 0.353. The molecule has 1 atom stereocenters. The molecule has 0 aromatic carbocycles. The first kappa shape index (κ1) is 16.8. The van der Waals surface area contributed by atoms with Crippen LogP contribution in [0.5, 0.6) is 0 Å². The summed E-state index contributed by atoms with van der Waals surface area (Å²) in [5.41, 5.74) is 1.89. The first-order valence-corrected chi connectivity index (χ1v) is 10.1. The number of sulfone groups is 1. The zero-order chi connectivity index (χ0) is 18.6. The highest BCUT2D eigenvalue weighted by molar-refractivity contribution is 7.91. The molecule has 0 aliphatic carbocycles. The van der Waals surface area contributed by atoms with Gasteiger partial charge in [0.1, 0.15) is 17.0 Å². The minimum atomic E-state index is -3.08. The van der Waals surface area contributed by atoms with Crippen molar-refractivity contribution in [3.8, 4) is 0 Å². The lowest BCUT2D eigenvalue weighted by atomic mass is 10.2. The second-order valence-corrected chi connectivity index (χ2v) is 8.98. The first-order chi connectivity index (χ1) is 12.2. The second kappa shape index (κ2) is 5.66. The van der Waals surface area contributed by atoms with Gasteiger partial charge in [0.25, 0.3) is 11.5 Å². The molecule has 1 fully saturated rings. The predicted octanol–water partition coefficient (Wildman–Crippen LogP) is 0.412. The number of aryl methyl sites for hydroxylation is 2. The summed E-state index contributed by atoms with van der Waals surface area (Å²) >= 11 is 0. The first-order valence-electron chi connectivity index (χ1n) is 8.25. The maximum absolute atomic E-state index is 12.8. The normalized spacial score (nSPS) is 19.2. The molecule has 4 rings (SSSR count). The summed E-state index contributed by atoms with van der Waals surface area (Å²) in [5.74, 6) is -0.370. The van der Waals surface area contributed by atoms with E-state index in [2.05, 4.69) is 10.3 Å². The van der Waals surface area contributed by atoms with Gasteiger partial charge in [0.2, 0.25) is 0 Å². The lowest BCUT2D eigenvalue weighted by molar-refractivity contribution is 0.0933. The Balaban J connectivity index is 1.78. The van der Waals surface area contributed by atoms with Crippen LogP contribution in [0.3, 0.4) is 0 Å². The minimum Gasteiger partial charge on any atom is -0.347 e. The summed E-state index contributed by atoms with van der Waals surface area (Å²) < 4.78 is 26.2. The number of aromatic nitrogens is 3. The van der Waals surface area contributed by atoms with E-state index in [9.17, 15) is 18.0 Å². The minimum absolute atomic E-state index is 0.0489. The van der Waals surface area contributed by atoms with Crippen molar-refractivity contribution in [2.45, 2.75) is 19.4 Å². The van der Waals surface area contributed by atoms with E-state index in [1.54, 1.807) is 23.9 Å². The Morgan fingerprint density at radius 3 is 2.81 bits per heavy atom.